The Labute approximate surface area is 247 Å². The van der Waals surface area contributed by atoms with Crippen LogP contribution >= 0.6 is 0 Å². The first-order valence-electron chi connectivity index (χ1n) is 14.7. The summed E-state index contributed by atoms with van der Waals surface area (Å²) in [6.45, 7) is 5.59. The highest BCUT2D eigenvalue weighted by atomic mass is 16.2. The lowest BCUT2D eigenvalue weighted by Gasteiger charge is -2.37. The molecular formula is C35H37N5O2. The van der Waals surface area contributed by atoms with Crippen molar-refractivity contribution < 1.29 is 9.59 Å². The number of fused-ring (bicyclic) bond motifs is 1. The summed E-state index contributed by atoms with van der Waals surface area (Å²) in [4.78, 5) is 30.4. The van der Waals surface area contributed by atoms with Gasteiger partial charge in [0.05, 0.1) is 11.6 Å². The zero-order valence-electron chi connectivity index (χ0n) is 23.8. The van der Waals surface area contributed by atoms with Gasteiger partial charge in [-0.3, -0.25) is 9.69 Å². The van der Waals surface area contributed by atoms with Crippen LogP contribution in [0, 0.1) is 5.92 Å². The number of aryl methyl sites for hydroxylation is 2. The van der Waals surface area contributed by atoms with Gasteiger partial charge in [-0.05, 0) is 103 Å². The third kappa shape index (κ3) is 5.74. The summed E-state index contributed by atoms with van der Waals surface area (Å²) >= 11 is 0. The van der Waals surface area contributed by atoms with Crippen molar-refractivity contribution in [1.82, 2.24) is 4.90 Å². The summed E-state index contributed by atoms with van der Waals surface area (Å²) in [5.41, 5.74) is 6.95. The zero-order chi connectivity index (χ0) is 29.1. The first-order valence-corrected chi connectivity index (χ1v) is 14.7. The lowest BCUT2D eigenvalue weighted by molar-refractivity contribution is -0.118. The third-order valence-electron chi connectivity index (χ3n) is 8.67. The Hall–Kier alpha value is -4.62. The number of anilines is 3. The van der Waals surface area contributed by atoms with Gasteiger partial charge in [0.25, 0.3) is 0 Å². The van der Waals surface area contributed by atoms with Crippen molar-refractivity contribution >= 4 is 29.0 Å². The minimum atomic E-state index is -0.376. The summed E-state index contributed by atoms with van der Waals surface area (Å²) in [6, 6.07) is 23.9. The molecule has 3 amide bonds. The second-order valence-electron chi connectivity index (χ2n) is 11.3. The van der Waals surface area contributed by atoms with Gasteiger partial charge in [0, 0.05) is 36.4 Å². The van der Waals surface area contributed by atoms with Crippen LogP contribution in [0.25, 0.3) is 0 Å². The average molecular weight is 560 g/mol. The Morgan fingerprint density at radius 1 is 0.929 bits per heavy atom. The first kappa shape index (κ1) is 27.5. The molecule has 214 valence electrons. The molecule has 1 fully saturated rings. The topological polar surface area (TPSA) is 81.9 Å². The van der Waals surface area contributed by atoms with Crippen LogP contribution in [-0.4, -0.2) is 29.9 Å². The van der Waals surface area contributed by atoms with E-state index in [-0.39, 0.29) is 23.8 Å². The van der Waals surface area contributed by atoms with Gasteiger partial charge in [0.15, 0.2) is 0 Å². The molecule has 1 aliphatic carbocycles. The van der Waals surface area contributed by atoms with Gasteiger partial charge in [0.2, 0.25) is 5.91 Å². The quantitative estimate of drug-likeness (QED) is 0.205. The smallest absolute Gasteiger partial charge is 0.347 e. The number of nitrogens with zero attached hydrogens (tertiary/aromatic N) is 3. The Bertz CT molecular complexity index is 1520. The molecule has 6 rings (SSSR count). The molecule has 7 heteroatoms. The maximum absolute atomic E-state index is 13.8. The molecule has 2 aliphatic heterocycles. The lowest BCUT2D eigenvalue weighted by atomic mass is 9.79. The van der Waals surface area contributed by atoms with Gasteiger partial charge in [-0.15, -0.1) is 0 Å². The van der Waals surface area contributed by atoms with Crippen molar-refractivity contribution in [3.8, 4) is 0 Å². The molecule has 1 unspecified atom stereocenters. The molecule has 3 aromatic carbocycles. The van der Waals surface area contributed by atoms with Gasteiger partial charge < -0.3 is 10.2 Å². The van der Waals surface area contributed by atoms with Crippen molar-refractivity contribution in [1.29, 1.82) is 0 Å². The molecule has 2 heterocycles. The van der Waals surface area contributed by atoms with E-state index < -0.39 is 0 Å². The van der Waals surface area contributed by atoms with E-state index in [1.54, 1.807) is 18.4 Å². The van der Waals surface area contributed by atoms with Gasteiger partial charge in [-0.2, -0.15) is 0 Å². The molecule has 7 nitrogen and oxygen atoms in total. The molecule has 1 saturated heterocycles. The van der Waals surface area contributed by atoms with Gasteiger partial charge in [-0.1, -0.05) is 49.1 Å². The first-order chi connectivity index (χ1) is 20.5. The Kier molecular flexibility index (Phi) is 7.93. The van der Waals surface area contributed by atoms with Crippen molar-refractivity contribution in [2.24, 2.45) is 11.8 Å². The van der Waals surface area contributed by atoms with E-state index >= 15 is 0 Å². The number of rotatable bonds is 6. The Balaban J connectivity index is 1.11. The molecule has 0 bridgehead atoms. The van der Waals surface area contributed by atoms with Crippen LogP contribution in [-0.2, 0) is 17.6 Å². The molecule has 0 spiro atoms. The van der Waals surface area contributed by atoms with E-state index in [2.05, 4.69) is 41.1 Å². The number of carbonyl (C=O) groups is 2. The highest BCUT2D eigenvalue weighted by Gasteiger charge is 2.33. The fourth-order valence-electron chi connectivity index (χ4n) is 6.37. The second-order valence-corrected chi connectivity index (χ2v) is 11.3. The maximum Gasteiger partial charge on any atom is 0.347 e. The number of benzene rings is 3. The maximum atomic E-state index is 13.8. The number of hydrogen-bond acceptors (Lipinski definition) is 4. The highest BCUT2D eigenvalue weighted by molar-refractivity contribution is 5.96. The van der Waals surface area contributed by atoms with Crippen LogP contribution in [0.1, 0.15) is 41.9 Å². The van der Waals surface area contributed by atoms with Crippen LogP contribution in [0.15, 0.2) is 110 Å². The van der Waals surface area contributed by atoms with Crippen LogP contribution in [0.2, 0.25) is 0 Å². The normalized spacial score (nSPS) is 17.2. The molecule has 0 radical (unpaired) electrons. The van der Waals surface area contributed by atoms with E-state index in [9.17, 15) is 9.59 Å². The van der Waals surface area contributed by atoms with Gasteiger partial charge >= 0.3 is 6.03 Å². The molecule has 3 aromatic rings. The molecule has 0 saturated carbocycles. The average Bonchev–Trinajstić information content (AvgIpc) is 3.50. The number of carbonyl (C=O) groups excluding carboxylic acids is 2. The van der Waals surface area contributed by atoms with Crippen LogP contribution in [0.3, 0.4) is 0 Å². The van der Waals surface area contributed by atoms with E-state index in [1.807, 2.05) is 54.6 Å². The largest absolute Gasteiger partial charge is 0.372 e. The highest BCUT2D eigenvalue weighted by Crippen LogP contribution is 2.36. The van der Waals surface area contributed by atoms with Crippen molar-refractivity contribution in [3.63, 3.8) is 0 Å². The number of amides is 3. The molecule has 3 N–H and O–H groups in total. The summed E-state index contributed by atoms with van der Waals surface area (Å²) in [5.74, 6) is 6.25. The summed E-state index contributed by atoms with van der Waals surface area (Å²) < 4.78 is 0. The van der Waals surface area contributed by atoms with Crippen molar-refractivity contribution in [2.45, 2.75) is 38.0 Å². The molecule has 0 aromatic heterocycles. The monoisotopic (exact) mass is 559 g/mol. The summed E-state index contributed by atoms with van der Waals surface area (Å²) in [6.07, 6.45) is 12.2. The van der Waals surface area contributed by atoms with Crippen molar-refractivity contribution in [2.75, 3.05) is 28.3 Å². The van der Waals surface area contributed by atoms with Crippen LogP contribution < -0.4 is 21.1 Å². The van der Waals surface area contributed by atoms with E-state index in [0.717, 1.165) is 60.7 Å². The Morgan fingerprint density at radius 3 is 2.40 bits per heavy atom. The fraction of sp³-hybridized carbons (Fsp3) is 0.257. The molecule has 42 heavy (non-hydrogen) atoms. The molecule has 3 aliphatic rings. The SMILES string of the molecule is C=C1C=CC=CN1C(=O)N(N)c1ccc(N2CCC(C(C(=O)Nc3ccc4c(c3)CCC4)c3ccccc3)CC2)cc1. The predicted molar refractivity (Wildman–Crippen MR) is 169 cm³/mol. The minimum absolute atomic E-state index is 0.0661. The van der Waals surface area contributed by atoms with Gasteiger partial charge in [-0.25, -0.2) is 15.6 Å². The predicted octanol–water partition coefficient (Wildman–Crippen LogP) is 6.51. The van der Waals surface area contributed by atoms with Gasteiger partial charge in [0.1, 0.15) is 0 Å². The third-order valence-corrected chi connectivity index (χ3v) is 8.67. The number of hydrogen-bond donors (Lipinski definition) is 2. The number of allylic oxidation sites excluding steroid dienone is 3. The standard InChI is InChI=1S/C35H37N5O2/c1-25-8-5-6-21-39(25)35(42)40(36)32-17-15-31(16-18-32)38-22-19-28(20-23-38)33(27-9-3-2-4-10-27)34(41)37-30-14-13-26-11-7-12-29(26)24-30/h2-6,8-10,13-18,21,24,28,33H,1,7,11-12,19-20,22-23,36H2,(H,37,41). The summed E-state index contributed by atoms with van der Waals surface area (Å²) in [7, 11) is 0. The second kappa shape index (κ2) is 12.1. The lowest BCUT2D eigenvalue weighted by Crippen LogP contribution is -2.45. The van der Waals surface area contributed by atoms with Crippen molar-refractivity contribution in [3.05, 3.63) is 126 Å². The summed E-state index contributed by atoms with van der Waals surface area (Å²) in [5, 5.41) is 4.38. The molecular weight excluding hydrogens is 522 g/mol. The number of nitrogens with two attached hydrogens (primary N) is 1. The molecule has 1 atom stereocenters. The number of urea groups is 1. The fourth-order valence-corrected chi connectivity index (χ4v) is 6.37. The Morgan fingerprint density at radius 2 is 1.67 bits per heavy atom. The number of hydrazine groups is 1. The number of piperidine rings is 1. The van der Waals surface area contributed by atoms with E-state index in [1.165, 1.54) is 22.4 Å². The zero-order valence-corrected chi connectivity index (χ0v) is 23.8. The number of nitrogens with one attached hydrogen (secondary N) is 1. The van der Waals surface area contributed by atoms with E-state index in [4.69, 9.17) is 5.84 Å². The van der Waals surface area contributed by atoms with E-state index in [0.29, 0.717) is 11.4 Å². The minimum Gasteiger partial charge on any atom is -0.372 e. The van der Waals surface area contributed by atoms with Crippen LogP contribution in [0.5, 0.6) is 0 Å². The van der Waals surface area contributed by atoms with Crippen LogP contribution in [0.4, 0.5) is 21.9 Å².